The SMILES string of the molecule is CC(C)C[C@H](N)C(=O)N(C)Cc1ccc(Cl)c(Cl)c1. The van der Waals surface area contributed by atoms with E-state index >= 15 is 0 Å². The van der Waals surface area contributed by atoms with Crippen LogP contribution >= 0.6 is 23.2 Å². The lowest BCUT2D eigenvalue weighted by Gasteiger charge is -2.22. The monoisotopic (exact) mass is 302 g/mol. The zero-order chi connectivity index (χ0) is 14.6. The zero-order valence-electron chi connectivity index (χ0n) is 11.5. The maximum Gasteiger partial charge on any atom is 0.239 e. The van der Waals surface area contributed by atoms with Gasteiger partial charge in [-0.3, -0.25) is 4.79 Å². The second-order valence-corrected chi connectivity index (χ2v) is 5.99. The van der Waals surface area contributed by atoms with Crippen molar-refractivity contribution >= 4 is 29.1 Å². The van der Waals surface area contributed by atoms with Gasteiger partial charge in [-0.05, 0) is 30.0 Å². The van der Waals surface area contributed by atoms with Crippen LogP contribution < -0.4 is 5.73 Å². The van der Waals surface area contributed by atoms with Gasteiger partial charge in [0.05, 0.1) is 16.1 Å². The van der Waals surface area contributed by atoms with Crippen molar-refractivity contribution in [3.8, 4) is 0 Å². The Hall–Kier alpha value is -0.770. The Balaban J connectivity index is 2.65. The molecule has 0 fully saturated rings. The number of hydrogen-bond donors (Lipinski definition) is 1. The highest BCUT2D eigenvalue weighted by atomic mass is 35.5. The molecule has 1 atom stereocenters. The number of likely N-dealkylation sites (N-methyl/N-ethyl adjacent to an activating group) is 1. The maximum atomic E-state index is 12.1. The summed E-state index contributed by atoms with van der Waals surface area (Å²) < 4.78 is 0. The molecule has 19 heavy (non-hydrogen) atoms. The fourth-order valence-electron chi connectivity index (χ4n) is 1.88. The normalized spacial score (nSPS) is 12.6. The first kappa shape index (κ1) is 16.3. The number of nitrogens with zero attached hydrogens (tertiary/aromatic N) is 1. The fraction of sp³-hybridized carbons (Fsp3) is 0.500. The van der Waals surface area contributed by atoms with Crippen molar-refractivity contribution in [2.75, 3.05) is 7.05 Å². The lowest BCUT2D eigenvalue weighted by atomic mass is 10.0. The third-order valence-electron chi connectivity index (χ3n) is 2.82. The molecule has 5 heteroatoms. The van der Waals surface area contributed by atoms with Crippen molar-refractivity contribution in [1.82, 2.24) is 4.90 Å². The number of carbonyl (C=O) groups excluding carboxylic acids is 1. The number of rotatable bonds is 5. The van der Waals surface area contributed by atoms with E-state index in [1.54, 1.807) is 24.1 Å². The Morgan fingerprint density at radius 2 is 1.95 bits per heavy atom. The Labute approximate surface area is 124 Å². The van der Waals surface area contributed by atoms with E-state index in [1.807, 2.05) is 19.9 Å². The first-order chi connectivity index (χ1) is 8.81. The van der Waals surface area contributed by atoms with Crippen molar-refractivity contribution in [2.24, 2.45) is 11.7 Å². The van der Waals surface area contributed by atoms with E-state index < -0.39 is 6.04 Å². The third-order valence-corrected chi connectivity index (χ3v) is 3.56. The molecule has 2 N–H and O–H groups in total. The Morgan fingerprint density at radius 3 is 2.47 bits per heavy atom. The largest absolute Gasteiger partial charge is 0.340 e. The van der Waals surface area contributed by atoms with Crippen LogP contribution in [0.5, 0.6) is 0 Å². The summed E-state index contributed by atoms with van der Waals surface area (Å²) in [6.45, 7) is 4.57. The van der Waals surface area contributed by atoms with Crippen molar-refractivity contribution < 1.29 is 4.79 Å². The first-order valence-electron chi connectivity index (χ1n) is 6.25. The number of amides is 1. The molecule has 106 valence electrons. The van der Waals surface area contributed by atoms with Gasteiger partial charge in [-0.15, -0.1) is 0 Å². The molecule has 0 saturated heterocycles. The van der Waals surface area contributed by atoms with E-state index in [2.05, 4.69) is 0 Å². The standard InChI is InChI=1S/C14H20Cl2N2O/c1-9(2)6-13(17)14(19)18(3)8-10-4-5-11(15)12(16)7-10/h4-5,7,9,13H,6,8,17H2,1-3H3/t13-/m0/s1. The lowest BCUT2D eigenvalue weighted by Crippen LogP contribution is -2.42. The topological polar surface area (TPSA) is 46.3 Å². The van der Waals surface area contributed by atoms with E-state index in [4.69, 9.17) is 28.9 Å². The number of halogens is 2. The van der Waals surface area contributed by atoms with Crippen LogP contribution in [0.2, 0.25) is 10.0 Å². The summed E-state index contributed by atoms with van der Waals surface area (Å²) >= 11 is 11.8. The highest BCUT2D eigenvalue weighted by Gasteiger charge is 2.19. The molecule has 0 heterocycles. The summed E-state index contributed by atoms with van der Waals surface area (Å²) in [5, 5.41) is 1.00. The van der Waals surface area contributed by atoms with Crippen LogP contribution in [0, 0.1) is 5.92 Å². The van der Waals surface area contributed by atoms with E-state index in [-0.39, 0.29) is 5.91 Å². The molecule has 0 spiro atoms. The minimum absolute atomic E-state index is 0.0558. The van der Waals surface area contributed by atoms with Crippen LogP contribution in [0.25, 0.3) is 0 Å². The molecule has 1 aromatic carbocycles. The quantitative estimate of drug-likeness (QED) is 0.907. The van der Waals surface area contributed by atoms with Gasteiger partial charge in [0.1, 0.15) is 0 Å². The molecule has 1 aromatic rings. The second kappa shape index (κ2) is 7.13. The molecular weight excluding hydrogens is 283 g/mol. The molecule has 0 unspecified atom stereocenters. The van der Waals surface area contributed by atoms with Crippen LogP contribution in [0.4, 0.5) is 0 Å². The summed E-state index contributed by atoms with van der Waals surface area (Å²) in [7, 11) is 1.74. The number of benzene rings is 1. The summed E-state index contributed by atoms with van der Waals surface area (Å²) in [5.41, 5.74) is 6.82. The number of hydrogen-bond acceptors (Lipinski definition) is 2. The predicted molar refractivity (Wildman–Crippen MR) is 80.4 cm³/mol. The zero-order valence-corrected chi connectivity index (χ0v) is 13.0. The molecule has 0 bridgehead atoms. The Bertz CT molecular complexity index is 449. The minimum atomic E-state index is -0.451. The predicted octanol–water partition coefficient (Wildman–Crippen LogP) is 3.33. The second-order valence-electron chi connectivity index (χ2n) is 5.18. The van der Waals surface area contributed by atoms with Crippen molar-refractivity contribution in [3.63, 3.8) is 0 Å². The molecule has 1 rings (SSSR count). The molecule has 0 aliphatic carbocycles. The highest BCUT2D eigenvalue weighted by Crippen LogP contribution is 2.23. The lowest BCUT2D eigenvalue weighted by molar-refractivity contribution is -0.132. The third kappa shape index (κ3) is 5.01. The molecule has 0 aliphatic heterocycles. The average molecular weight is 303 g/mol. The van der Waals surface area contributed by atoms with Gasteiger partial charge < -0.3 is 10.6 Å². The molecule has 1 amide bonds. The minimum Gasteiger partial charge on any atom is -0.340 e. The van der Waals surface area contributed by atoms with Crippen LogP contribution in [-0.2, 0) is 11.3 Å². The fourth-order valence-corrected chi connectivity index (χ4v) is 2.20. The summed E-state index contributed by atoms with van der Waals surface area (Å²) in [4.78, 5) is 13.7. The Kier molecular flexibility index (Phi) is 6.11. The molecule has 0 saturated carbocycles. The van der Waals surface area contributed by atoms with Gasteiger partial charge in [0.2, 0.25) is 5.91 Å². The smallest absolute Gasteiger partial charge is 0.239 e. The number of carbonyl (C=O) groups is 1. The van der Waals surface area contributed by atoms with Gasteiger partial charge in [0.25, 0.3) is 0 Å². The van der Waals surface area contributed by atoms with Gasteiger partial charge in [-0.2, -0.15) is 0 Å². The maximum absolute atomic E-state index is 12.1. The van der Waals surface area contributed by atoms with Crippen molar-refractivity contribution in [2.45, 2.75) is 32.9 Å². The van der Waals surface area contributed by atoms with E-state index in [1.165, 1.54) is 0 Å². The van der Waals surface area contributed by atoms with E-state index in [0.29, 0.717) is 28.9 Å². The van der Waals surface area contributed by atoms with Crippen LogP contribution in [0.3, 0.4) is 0 Å². The van der Waals surface area contributed by atoms with Gasteiger partial charge >= 0.3 is 0 Å². The molecule has 0 aromatic heterocycles. The van der Waals surface area contributed by atoms with Gasteiger partial charge in [-0.25, -0.2) is 0 Å². The van der Waals surface area contributed by atoms with Gasteiger partial charge in [0, 0.05) is 13.6 Å². The molecular formula is C14H20Cl2N2O. The van der Waals surface area contributed by atoms with Crippen LogP contribution in [0.15, 0.2) is 18.2 Å². The average Bonchev–Trinajstić information content (AvgIpc) is 2.32. The van der Waals surface area contributed by atoms with Crippen LogP contribution in [-0.4, -0.2) is 23.9 Å². The van der Waals surface area contributed by atoms with E-state index in [0.717, 1.165) is 5.56 Å². The van der Waals surface area contributed by atoms with E-state index in [9.17, 15) is 4.79 Å². The first-order valence-corrected chi connectivity index (χ1v) is 7.01. The highest BCUT2D eigenvalue weighted by molar-refractivity contribution is 6.42. The summed E-state index contributed by atoms with van der Waals surface area (Å²) in [6, 6.07) is 4.90. The Morgan fingerprint density at radius 1 is 1.32 bits per heavy atom. The van der Waals surface area contributed by atoms with Crippen molar-refractivity contribution in [1.29, 1.82) is 0 Å². The van der Waals surface area contributed by atoms with Gasteiger partial charge in [-0.1, -0.05) is 43.1 Å². The molecule has 0 radical (unpaired) electrons. The summed E-state index contributed by atoms with van der Waals surface area (Å²) in [5.74, 6) is 0.345. The summed E-state index contributed by atoms with van der Waals surface area (Å²) in [6.07, 6.45) is 0.685. The van der Waals surface area contributed by atoms with Gasteiger partial charge in [0.15, 0.2) is 0 Å². The van der Waals surface area contributed by atoms with Crippen molar-refractivity contribution in [3.05, 3.63) is 33.8 Å². The van der Waals surface area contributed by atoms with Crippen LogP contribution in [0.1, 0.15) is 25.8 Å². The molecule has 0 aliphatic rings. The number of nitrogens with two attached hydrogens (primary N) is 1. The molecule has 3 nitrogen and oxygen atoms in total.